The molecule has 172 valence electrons. The van der Waals surface area contributed by atoms with Gasteiger partial charge in [0.15, 0.2) is 11.5 Å². The summed E-state index contributed by atoms with van der Waals surface area (Å²) in [5.74, 6) is -1.26. The number of methoxy groups -OCH3 is 1. The van der Waals surface area contributed by atoms with E-state index in [4.69, 9.17) is 19.2 Å². The molecule has 1 aromatic carbocycles. The van der Waals surface area contributed by atoms with Gasteiger partial charge in [0.1, 0.15) is 12.4 Å². The Morgan fingerprint density at radius 2 is 2.06 bits per heavy atom. The van der Waals surface area contributed by atoms with E-state index < -0.39 is 17.8 Å². The number of carbonyl (C=O) groups excluding carboxylic acids is 2. The van der Waals surface area contributed by atoms with Crippen molar-refractivity contribution in [1.82, 2.24) is 0 Å². The standard InChI is InChI=1S/C25H31NO6/c1-14-21(24(29)32-13-16-6-5-9-31-16)22(15-7-8-20(30-4)18(27)10-15)23-17(26-14)11-25(2,3)12-19(23)28/h7-8,10,16,22-23,27H,5-6,9,11-13H2,1-4H3/t16-,22-,23-/m1/s1. The van der Waals surface area contributed by atoms with Crippen molar-refractivity contribution < 1.29 is 28.9 Å². The van der Waals surface area contributed by atoms with Gasteiger partial charge in [0.2, 0.25) is 0 Å². The zero-order valence-corrected chi connectivity index (χ0v) is 19.1. The maximum Gasteiger partial charge on any atom is 0.336 e. The molecule has 7 heteroatoms. The van der Waals surface area contributed by atoms with Crippen molar-refractivity contribution in [2.24, 2.45) is 16.3 Å². The molecule has 1 saturated carbocycles. The third-order valence-corrected chi connectivity index (χ3v) is 6.57. The minimum Gasteiger partial charge on any atom is -0.504 e. The van der Waals surface area contributed by atoms with Crippen molar-refractivity contribution in [2.45, 2.75) is 58.5 Å². The van der Waals surface area contributed by atoms with E-state index in [1.54, 1.807) is 25.1 Å². The van der Waals surface area contributed by atoms with Gasteiger partial charge in [0, 0.05) is 30.4 Å². The molecule has 0 radical (unpaired) electrons. The van der Waals surface area contributed by atoms with Crippen molar-refractivity contribution in [3.63, 3.8) is 0 Å². The van der Waals surface area contributed by atoms with E-state index in [0.29, 0.717) is 42.0 Å². The molecule has 0 unspecified atom stereocenters. The molecule has 4 rings (SSSR count). The number of fused-ring (bicyclic) bond motifs is 1. The Morgan fingerprint density at radius 1 is 1.28 bits per heavy atom. The van der Waals surface area contributed by atoms with Crippen molar-refractivity contribution in [2.75, 3.05) is 20.3 Å². The third-order valence-electron chi connectivity index (χ3n) is 6.57. The van der Waals surface area contributed by atoms with Gasteiger partial charge >= 0.3 is 5.97 Å². The highest BCUT2D eigenvalue weighted by Gasteiger charge is 2.48. The number of hydrogen-bond acceptors (Lipinski definition) is 7. The first-order valence-corrected chi connectivity index (χ1v) is 11.2. The summed E-state index contributed by atoms with van der Waals surface area (Å²) in [5.41, 5.74) is 2.20. The summed E-state index contributed by atoms with van der Waals surface area (Å²) in [5, 5.41) is 10.4. The van der Waals surface area contributed by atoms with E-state index in [1.807, 2.05) is 0 Å². The van der Waals surface area contributed by atoms with Crippen LogP contribution in [0.25, 0.3) is 0 Å². The molecule has 0 aromatic heterocycles. The van der Waals surface area contributed by atoms with Gasteiger partial charge in [-0.1, -0.05) is 19.9 Å². The molecule has 7 nitrogen and oxygen atoms in total. The second-order valence-corrected chi connectivity index (χ2v) is 9.71. The minimum absolute atomic E-state index is 0.0395. The lowest BCUT2D eigenvalue weighted by Gasteiger charge is -2.41. The molecule has 0 spiro atoms. The first-order valence-electron chi connectivity index (χ1n) is 11.2. The Hall–Kier alpha value is -2.67. The van der Waals surface area contributed by atoms with Crippen LogP contribution in [-0.2, 0) is 19.1 Å². The van der Waals surface area contributed by atoms with Crippen LogP contribution < -0.4 is 4.74 Å². The highest BCUT2D eigenvalue weighted by atomic mass is 16.6. The van der Waals surface area contributed by atoms with Crippen molar-refractivity contribution in [1.29, 1.82) is 0 Å². The van der Waals surface area contributed by atoms with E-state index in [0.717, 1.165) is 18.6 Å². The fourth-order valence-electron chi connectivity index (χ4n) is 5.14. The van der Waals surface area contributed by atoms with Crippen LogP contribution in [0.4, 0.5) is 0 Å². The molecule has 3 aliphatic rings. The summed E-state index contributed by atoms with van der Waals surface area (Å²) in [7, 11) is 1.48. The number of Topliss-reactive ketones (excluding diaryl/α,β-unsaturated/α-hetero) is 1. The van der Waals surface area contributed by atoms with E-state index in [1.165, 1.54) is 7.11 Å². The van der Waals surface area contributed by atoms with Gasteiger partial charge in [-0.3, -0.25) is 9.79 Å². The lowest BCUT2D eigenvalue weighted by Crippen LogP contribution is -2.44. The number of ketones is 1. The van der Waals surface area contributed by atoms with Crippen LogP contribution in [0.3, 0.4) is 0 Å². The van der Waals surface area contributed by atoms with E-state index in [-0.39, 0.29) is 29.7 Å². The quantitative estimate of drug-likeness (QED) is 0.696. The molecule has 1 aliphatic carbocycles. The molecular weight excluding hydrogens is 410 g/mol. The normalized spacial score (nSPS) is 27.1. The largest absolute Gasteiger partial charge is 0.504 e. The predicted molar refractivity (Wildman–Crippen MR) is 119 cm³/mol. The lowest BCUT2D eigenvalue weighted by molar-refractivity contribution is -0.142. The number of phenols is 1. The number of allylic oxidation sites excluding steroid dienone is 1. The van der Waals surface area contributed by atoms with Gasteiger partial charge in [-0.2, -0.15) is 0 Å². The molecule has 2 aliphatic heterocycles. The smallest absolute Gasteiger partial charge is 0.336 e. The van der Waals surface area contributed by atoms with Crippen molar-refractivity contribution in [3.8, 4) is 11.5 Å². The van der Waals surface area contributed by atoms with Crippen LogP contribution in [0.1, 0.15) is 57.9 Å². The number of ether oxygens (including phenoxy) is 3. The fraction of sp³-hybridized carbons (Fsp3) is 0.560. The van der Waals surface area contributed by atoms with Gasteiger partial charge in [0.25, 0.3) is 0 Å². The molecule has 2 heterocycles. The van der Waals surface area contributed by atoms with Crippen molar-refractivity contribution >= 4 is 17.5 Å². The van der Waals surface area contributed by atoms with Gasteiger partial charge in [-0.25, -0.2) is 4.79 Å². The topological polar surface area (TPSA) is 94.4 Å². The maximum absolute atomic E-state index is 13.3. The summed E-state index contributed by atoms with van der Waals surface area (Å²) in [4.78, 5) is 31.3. The van der Waals surface area contributed by atoms with Gasteiger partial charge in [-0.05, 0) is 49.3 Å². The zero-order chi connectivity index (χ0) is 23.0. The summed E-state index contributed by atoms with van der Waals surface area (Å²) < 4.78 is 16.4. The summed E-state index contributed by atoms with van der Waals surface area (Å²) in [6.07, 6.45) is 2.81. The fourth-order valence-corrected chi connectivity index (χ4v) is 5.14. The van der Waals surface area contributed by atoms with E-state index in [2.05, 4.69) is 13.8 Å². The molecule has 1 aromatic rings. The Balaban J connectivity index is 1.74. The highest BCUT2D eigenvalue weighted by molar-refractivity contribution is 6.12. The number of nitrogens with zero attached hydrogens (tertiary/aromatic N) is 1. The Labute approximate surface area is 188 Å². The van der Waals surface area contributed by atoms with Crippen LogP contribution in [0.2, 0.25) is 0 Å². The second-order valence-electron chi connectivity index (χ2n) is 9.71. The molecule has 0 amide bonds. The number of aromatic hydroxyl groups is 1. The SMILES string of the molecule is COc1ccc([C@@H]2C(C(=O)OC[C@H]3CCCO3)=C(C)N=C3CC(C)(C)CC(=O)[C@@H]32)cc1O. The first kappa shape index (κ1) is 22.5. The molecule has 2 fully saturated rings. The summed E-state index contributed by atoms with van der Waals surface area (Å²) >= 11 is 0. The summed E-state index contributed by atoms with van der Waals surface area (Å²) in [6, 6.07) is 5.01. The predicted octanol–water partition coefficient (Wildman–Crippen LogP) is 3.94. The van der Waals surface area contributed by atoms with Crippen LogP contribution in [-0.4, -0.2) is 49.0 Å². The number of aliphatic imine (C=N–C) groups is 1. The minimum atomic E-state index is -0.570. The molecule has 32 heavy (non-hydrogen) atoms. The number of rotatable bonds is 5. The molecule has 1 N–H and O–H groups in total. The number of benzene rings is 1. The van der Waals surface area contributed by atoms with E-state index >= 15 is 0 Å². The number of carbonyl (C=O) groups is 2. The zero-order valence-electron chi connectivity index (χ0n) is 19.1. The molecule has 3 atom stereocenters. The van der Waals surface area contributed by atoms with Crippen molar-refractivity contribution in [3.05, 3.63) is 35.0 Å². The second kappa shape index (κ2) is 8.70. The monoisotopic (exact) mass is 441 g/mol. The number of esters is 1. The average Bonchev–Trinajstić information content (AvgIpc) is 3.23. The summed E-state index contributed by atoms with van der Waals surface area (Å²) in [6.45, 7) is 6.76. The van der Waals surface area contributed by atoms with Gasteiger partial charge in [-0.15, -0.1) is 0 Å². The highest BCUT2D eigenvalue weighted by Crippen LogP contribution is 2.48. The van der Waals surface area contributed by atoms with Gasteiger partial charge in [0.05, 0.1) is 24.7 Å². The Kier molecular flexibility index (Phi) is 6.12. The average molecular weight is 442 g/mol. The van der Waals surface area contributed by atoms with Crippen LogP contribution in [0, 0.1) is 11.3 Å². The molecule has 0 bridgehead atoms. The number of hydrogen-bond donors (Lipinski definition) is 1. The number of phenolic OH excluding ortho intramolecular Hbond substituents is 1. The lowest BCUT2D eigenvalue weighted by atomic mass is 9.63. The molecular formula is C25H31NO6. The Bertz CT molecular complexity index is 986. The third kappa shape index (κ3) is 4.31. The van der Waals surface area contributed by atoms with Crippen LogP contribution in [0.15, 0.2) is 34.5 Å². The van der Waals surface area contributed by atoms with Crippen LogP contribution in [0.5, 0.6) is 11.5 Å². The maximum atomic E-state index is 13.3. The Morgan fingerprint density at radius 3 is 2.72 bits per heavy atom. The first-order chi connectivity index (χ1) is 15.2. The van der Waals surface area contributed by atoms with Crippen LogP contribution >= 0.6 is 0 Å². The van der Waals surface area contributed by atoms with E-state index in [9.17, 15) is 14.7 Å². The molecule has 1 saturated heterocycles. The van der Waals surface area contributed by atoms with Gasteiger partial charge < -0.3 is 19.3 Å².